The van der Waals surface area contributed by atoms with E-state index >= 15 is 0 Å². The van der Waals surface area contributed by atoms with Crippen LogP contribution in [0, 0.1) is 5.92 Å². The number of methoxy groups -OCH3 is 1. The number of esters is 1. The number of nitrogens with one attached hydrogen (secondary N) is 1. The van der Waals surface area contributed by atoms with Crippen LogP contribution < -0.4 is 5.32 Å². The second-order valence-corrected chi connectivity index (χ2v) is 9.85. The highest BCUT2D eigenvalue weighted by Crippen LogP contribution is 2.39. The molecule has 1 amide bonds. The summed E-state index contributed by atoms with van der Waals surface area (Å²) < 4.78 is 6.63. The van der Waals surface area contributed by atoms with Crippen LogP contribution in [0.4, 0.5) is 5.69 Å². The van der Waals surface area contributed by atoms with Crippen LogP contribution in [-0.4, -0.2) is 44.3 Å². The lowest BCUT2D eigenvalue weighted by molar-refractivity contribution is -0.113. The fourth-order valence-electron chi connectivity index (χ4n) is 4.01. The number of nitrogens with zero attached hydrogens (tertiary/aromatic N) is 4. The van der Waals surface area contributed by atoms with Crippen molar-refractivity contribution in [1.29, 1.82) is 0 Å². The molecule has 1 atom stereocenters. The van der Waals surface area contributed by atoms with Gasteiger partial charge in [0.1, 0.15) is 11.2 Å². The Bertz CT molecular complexity index is 1350. The van der Waals surface area contributed by atoms with Crippen molar-refractivity contribution in [3.63, 3.8) is 0 Å². The maximum Gasteiger partial charge on any atom is 0.339 e. The minimum Gasteiger partial charge on any atom is -0.465 e. The van der Waals surface area contributed by atoms with Crippen molar-refractivity contribution in [1.82, 2.24) is 19.6 Å². The molecule has 1 aromatic carbocycles. The number of carbonyl (C=O) groups excluding carboxylic acids is 2. The molecule has 0 fully saturated rings. The van der Waals surface area contributed by atoms with Crippen molar-refractivity contribution in [3.8, 4) is 0 Å². The van der Waals surface area contributed by atoms with E-state index in [-0.39, 0.29) is 11.7 Å². The zero-order chi connectivity index (χ0) is 22.2. The number of rotatable bonds is 5. The third-order valence-corrected chi connectivity index (χ3v) is 7.72. The van der Waals surface area contributed by atoms with E-state index in [9.17, 15) is 9.59 Å². The Kier molecular flexibility index (Phi) is 5.56. The highest BCUT2D eigenvalue weighted by Gasteiger charge is 2.24. The van der Waals surface area contributed by atoms with Crippen LogP contribution in [0.25, 0.3) is 15.9 Å². The molecule has 3 aromatic heterocycles. The van der Waals surface area contributed by atoms with Crippen molar-refractivity contribution in [2.75, 3.05) is 18.2 Å². The van der Waals surface area contributed by atoms with Gasteiger partial charge in [0.25, 0.3) is 0 Å². The van der Waals surface area contributed by atoms with Gasteiger partial charge in [-0.2, -0.15) is 0 Å². The molecular weight excluding hydrogens is 446 g/mol. The van der Waals surface area contributed by atoms with E-state index in [0.29, 0.717) is 22.3 Å². The molecule has 3 heterocycles. The summed E-state index contributed by atoms with van der Waals surface area (Å²) in [6.07, 6.45) is 5.03. The molecule has 0 radical (unpaired) electrons. The van der Waals surface area contributed by atoms with E-state index in [2.05, 4.69) is 27.4 Å². The summed E-state index contributed by atoms with van der Waals surface area (Å²) in [6.45, 7) is 2.29. The molecule has 8 nitrogen and oxygen atoms in total. The molecule has 0 aliphatic heterocycles. The SMILES string of the molecule is COC(=O)c1ccccc1NC(=O)CSc1nnc2c3c4c(sc3ncn12)CC(C)CC4. The van der Waals surface area contributed by atoms with E-state index in [1.54, 1.807) is 41.9 Å². The number of hydrogen-bond acceptors (Lipinski definition) is 8. The standard InChI is InChI=1S/C22H21N5O3S2/c1-12-7-8-14-16(9-12)32-20-18(14)19-25-26-22(27(19)11-23-20)31-10-17(28)24-15-6-4-3-5-13(15)21(29)30-2/h3-6,11-12H,7-10H2,1-2H3,(H,24,28). The molecule has 0 saturated heterocycles. The van der Waals surface area contributed by atoms with Gasteiger partial charge in [0.15, 0.2) is 10.8 Å². The van der Waals surface area contributed by atoms with Gasteiger partial charge in [0.2, 0.25) is 5.91 Å². The predicted octanol–water partition coefficient (Wildman–Crippen LogP) is 3.98. The van der Waals surface area contributed by atoms with Gasteiger partial charge in [-0.05, 0) is 42.9 Å². The van der Waals surface area contributed by atoms with Crippen LogP contribution in [0.3, 0.4) is 0 Å². The lowest BCUT2D eigenvalue weighted by Gasteiger charge is -2.17. The van der Waals surface area contributed by atoms with Crippen molar-refractivity contribution in [3.05, 3.63) is 46.6 Å². The molecule has 1 N–H and O–H groups in total. The van der Waals surface area contributed by atoms with Gasteiger partial charge in [-0.3, -0.25) is 9.20 Å². The summed E-state index contributed by atoms with van der Waals surface area (Å²) in [4.78, 5) is 31.5. The van der Waals surface area contributed by atoms with Gasteiger partial charge < -0.3 is 10.1 Å². The fraction of sp³-hybridized carbons (Fsp3) is 0.318. The third-order valence-electron chi connectivity index (χ3n) is 5.61. The second kappa shape index (κ2) is 8.51. The molecule has 32 heavy (non-hydrogen) atoms. The van der Waals surface area contributed by atoms with Crippen LogP contribution >= 0.6 is 23.1 Å². The summed E-state index contributed by atoms with van der Waals surface area (Å²) in [5, 5.41) is 13.2. The number of anilines is 1. The van der Waals surface area contributed by atoms with Crippen molar-refractivity contribution in [2.24, 2.45) is 5.92 Å². The Morgan fingerprint density at radius 1 is 1.31 bits per heavy atom. The minimum atomic E-state index is -0.499. The number of benzene rings is 1. The highest BCUT2D eigenvalue weighted by atomic mass is 32.2. The first kappa shape index (κ1) is 20.9. The fourth-order valence-corrected chi connectivity index (χ4v) is 6.06. The summed E-state index contributed by atoms with van der Waals surface area (Å²) in [5.41, 5.74) is 2.87. The molecule has 10 heteroatoms. The quantitative estimate of drug-likeness (QED) is 0.350. The maximum atomic E-state index is 12.5. The lowest BCUT2D eigenvalue weighted by atomic mass is 9.89. The number of aromatic nitrogens is 4. The smallest absolute Gasteiger partial charge is 0.339 e. The Morgan fingerprint density at radius 2 is 2.16 bits per heavy atom. The summed E-state index contributed by atoms with van der Waals surface area (Å²) in [5.74, 6) is 0.0613. The minimum absolute atomic E-state index is 0.119. The topological polar surface area (TPSA) is 98.5 Å². The summed E-state index contributed by atoms with van der Waals surface area (Å²) in [6, 6.07) is 6.75. The number of amides is 1. The van der Waals surface area contributed by atoms with Crippen LogP contribution in [0.1, 0.15) is 34.1 Å². The third kappa shape index (κ3) is 3.73. The molecule has 4 aromatic rings. The first-order chi connectivity index (χ1) is 15.5. The number of thiophene rings is 1. The van der Waals surface area contributed by atoms with Gasteiger partial charge in [-0.25, -0.2) is 9.78 Å². The Hall–Kier alpha value is -2.98. The first-order valence-corrected chi connectivity index (χ1v) is 12.1. The van der Waals surface area contributed by atoms with E-state index < -0.39 is 5.97 Å². The summed E-state index contributed by atoms with van der Waals surface area (Å²) in [7, 11) is 1.31. The number of carbonyl (C=O) groups is 2. The van der Waals surface area contributed by atoms with Crippen LogP contribution in [0.5, 0.6) is 0 Å². The van der Waals surface area contributed by atoms with Crippen molar-refractivity contribution in [2.45, 2.75) is 31.3 Å². The van der Waals surface area contributed by atoms with Gasteiger partial charge in [-0.15, -0.1) is 21.5 Å². The molecule has 1 unspecified atom stereocenters. The number of thioether (sulfide) groups is 1. The summed E-state index contributed by atoms with van der Waals surface area (Å²) >= 11 is 3.03. The van der Waals surface area contributed by atoms with Crippen LogP contribution in [0.2, 0.25) is 0 Å². The molecule has 164 valence electrons. The number of aryl methyl sites for hydroxylation is 1. The molecule has 1 aliphatic rings. The second-order valence-electron chi connectivity index (χ2n) is 7.83. The molecule has 1 aliphatic carbocycles. The van der Waals surface area contributed by atoms with Crippen molar-refractivity contribution < 1.29 is 14.3 Å². The molecule has 5 rings (SSSR count). The Labute approximate surface area is 192 Å². The van der Waals surface area contributed by atoms with E-state index in [1.165, 1.54) is 35.7 Å². The van der Waals surface area contributed by atoms with Gasteiger partial charge in [0.05, 0.1) is 29.5 Å². The predicted molar refractivity (Wildman–Crippen MR) is 124 cm³/mol. The molecule has 0 saturated carbocycles. The Balaban J connectivity index is 1.36. The van der Waals surface area contributed by atoms with Gasteiger partial charge in [-0.1, -0.05) is 30.8 Å². The average molecular weight is 468 g/mol. The number of para-hydroxylation sites is 1. The van der Waals surface area contributed by atoms with E-state index in [0.717, 1.165) is 28.7 Å². The lowest BCUT2D eigenvalue weighted by Crippen LogP contribution is -2.17. The largest absolute Gasteiger partial charge is 0.465 e. The van der Waals surface area contributed by atoms with Crippen LogP contribution in [0.15, 0.2) is 35.7 Å². The molecular formula is C22H21N5O3S2. The van der Waals surface area contributed by atoms with E-state index in [4.69, 9.17) is 4.74 Å². The monoisotopic (exact) mass is 467 g/mol. The van der Waals surface area contributed by atoms with E-state index in [1.807, 2.05) is 4.40 Å². The zero-order valence-corrected chi connectivity index (χ0v) is 19.3. The van der Waals surface area contributed by atoms with Crippen LogP contribution in [-0.2, 0) is 22.4 Å². The number of hydrogen-bond donors (Lipinski definition) is 1. The zero-order valence-electron chi connectivity index (χ0n) is 17.6. The van der Waals surface area contributed by atoms with Crippen molar-refractivity contribution >= 4 is 56.5 Å². The average Bonchev–Trinajstić information content (AvgIpc) is 3.37. The maximum absolute atomic E-state index is 12.5. The highest BCUT2D eigenvalue weighted by molar-refractivity contribution is 7.99. The van der Waals surface area contributed by atoms with Gasteiger partial charge >= 0.3 is 5.97 Å². The first-order valence-electron chi connectivity index (χ1n) is 10.3. The molecule has 0 spiro atoms. The number of fused-ring (bicyclic) bond motifs is 5. The Morgan fingerprint density at radius 3 is 3.00 bits per heavy atom. The normalized spacial score (nSPS) is 15.6. The van der Waals surface area contributed by atoms with Gasteiger partial charge in [0, 0.05) is 4.88 Å². The number of ether oxygens (including phenoxy) is 1. The molecule has 0 bridgehead atoms.